The van der Waals surface area contributed by atoms with Crippen molar-refractivity contribution in [1.29, 1.82) is 0 Å². The van der Waals surface area contributed by atoms with Gasteiger partial charge < -0.3 is 4.90 Å². The highest BCUT2D eigenvalue weighted by Gasteiger charge is 2.09. The van der Waals surface area contributed by atoms with Crippen molar-refractivity contribution in [2.75, 3.05) is 24.4 Å². The highest BCUT2D eigenvalue weighted by Crippen LogP contribution is 2.27. The van der Waals surface area contributed by atoms with Crippen molar-refractivity contribution in [1.82, 2.24) is 15.0 Å². The number of benzene rings is 1. The maximum absolute atomic E-state index is 5.39. The number of nitrogens with zero attached hydrogens (tertiary/aromatic N) is 4. The van der Waals surface area contributed by atoms with E-state index in [1.54, 1.807) is 0 Å². The van der Waals surface area contributed by atoms with Crippen molar-refractivity contribution in [2.24, 2.45) is 5.84 Å². The van der Waals surface area contributed by atoms with Crippen LogP contribution in [0, 0.1) is 13.8 Å². The summed E-state index contributed by atoms with van der Waals surface area (Å²) in [6.45, 7) is 4.18. The van der Waals surface area contributed by atoms with E-state index in [4.69, 9.17) is 5.84 Å². The Kier molecular flexibility index (Phi) is 4.41. The third-order valence-corrected chi connectivity index (χ3v) is 3.67. The van der Waals surface area contributed by atoms with Crippen molar-refractivity contribution >= 4 is 23.7 Å². The van der Waals surface area contributed by atoms with Crippen LogP contribution in [0.2, 0.25) is 0 Å². The zero-order chi connectivity index (χ0) is 14.7. The van der Waals surface area contributed by atoms with Gasteiger partial charge >= 0.3 is 0 Å². The van der Waals surface area contributed by atoms with Crippen molar-refractivity contribution in [2.45, 2.75) is 23.9 Å². The standard InChI is InChI=1S/C13H18N6S/c1-8-5-6-10(7-9(8)2)20-13-16-11(18-14)15-12(17-13)19(3)4/h5-7H,14H2,1-4H3,(H,15,16,17,18). The predicted molar refractivity (Wildman–Crippen MR) is 82.0 cm³/mol. The molecule has 1 aromatic heterocycles. The number of aromatic nitrogens is 3. The van der Waals surface area contributed by atoms with Crippen LogP contribution in [0.3, 0.4) is 0 Å². The van der Waals surface area contributed by atoms with E-state index in [9.17, 15) is 0 Å². The van der Waals surface area contributed by atoms with Gasteiger partial charge in [-0.25, -0.2) is 5.84 Å². The molecular weight excluding hydrogens is 272 g/mol. The molecule has 1 heterocycles. The summed E-state index contributed by atoms with van der Waals surface area (Å²) in [5.41, 5.74) is 4.98. The molecule has 0 aliphatic carbocycles. The minimum absolute atomic E-state index is 0.357. The first-order valence-electron chi connectivity index (χ1n) is 6.14. The fourth-order valence-corrected chi connectivity index (χ4v) is 2.38. The fourth-order valence-electron chi connectivity index (χ4n) is 1.54. The van der Waals surface area contributed by atoms with Crippen LogP contribution in [0.25, 0.3) is 0 Å². The molecule has 0 bridgehead atoms. The molecule has 2 aromatic rings. The van der Waals surface area contributed by atoms with Gasteiger partial charge in [-0.05, 0) is 48.9 Å². The van der Waals surface area contributed by atoms with Crippen LogP contribution in [0.1, 0.15) is 11.1 Å². The summed E-state index contributed by atoms with van der Waals surface area (Å²) in [6, 6.07) is 6.27. The first-order chi connectivity index (χ1) is 9.49. The minimum atomic E-state index is 0.357. The Morgan fingerprint density at radius 3 is 2.45 bits per heavy atom. The van der Waals surface area contributed by atoms with Gasteiger partial charge in [-0.2, -0.15) is 15.0 Å². The highest BCUT2D eigenvalue weighted by atomic mass is 32.2. The second-order valence-corrected chi connectivity index (χ2v) is 5.67. The number of aryl methyl sites for hydroxylation is 2. The smallest absolute Gasteiger partial charge is 0.242 e. The second-order valence-electron chi connectivity index (χ2n) is 4.63. The molecule has 6 nitrogen and oxygen atoms in total. The van der Waals surface area contributed by atoms with Crippen LogP contribution in [0.4, 0.5) is 11.9 Å². The first-order valence-corrected chi connectivity index (χ1v) is 6.96. The maximum Gasteiger partial charge on any atom is 0.242 e. The van der Waals surface area contributed by atoms with Crippen molar-refractivity contribution in [3.63, 3.8) is 0 Å². The summed E-state index contributed by atoms with van der Waals surface area (Å²) in [6.07, 6.45) is 0. The van der Waals surface area contributed by atoms with E-state index in [-0.39, 0.29) is 0 Å². The number of nitrogens with two attached hydrogens (primary N) is 1. The van der Waals surface area contributed by atoms with Crippen LogP contribution in [-0.4, -0.2) is 29.0 Å². The van der Waals surface area contributed by atoms with Crippen LogP contribution < -0.4 is 16.2 Å². The molecule has 1 aromatic carbocycles. The molecule has 0 saturated heterocycles. The molecule has 0 amide bonds. The van der Waals surface area contributed by atoms with E-state index in [1.165, 1.54) is 22.9 Å². The van der Waals surface area contributed by atoms with Gasteiger partial charge in [-0.3, -0.25) is 5.43 Å². The van der Waals surface area contributed by atoms with Gasteiger partial charge in [-0.1, -0.05) is 6.07 Å². The summed E-state index contributed by atoms with van der Waals surface area (Å²) in [7, 11) is 3.75. The van der Waals surface area contributed by atoms with Crippen LogP contribution in [0.5, 0.6) is 0 Å². The van der Waals surface area contributed by atoms with E-state index < -0.39 is 0 Å². The van der Waals surface area contributed by atoms with E-state index in [0.29, 0.717) is 17.1 Å². The SMILES string of the molecule is Cc1ccc(Sc2nc(NN)nc(N(C)C)n2)cc1C. The Hall–Kier alpha value is -1.86. The van der Waals surface area contributed by atoms with Gasteiger partial charge in [0.05, 0.1) is 0 Å². The molecule has 2 rings (SSSR count). The molecule has 106 valence electrons. The largest absolute Gasteiger partial charge is 0.347 e. The molecule has 0 spiro atoms. The fraction of sp³-hybridized carbons (Fsp3) is 0.308. The molecule has 7 heteroatoms. The normalized spacial score (nSPS) is 10.4. The monoisotopic (exact) mass is 290 g/mol. The average Bonchev–Trinajstić information content (AvgIpc) is 2.42. The highest BCUT2D eigenvalue weighted by molar-refractivity contribution is 7.99. The van der Waals surface area contributed by atoms with Gasteiger partial charge in [-0.15, -0.1) is 0 Å². The van der Waals surface area contributed by atoms with Gasteiger partial charge in [0.15, 0.2) is 5.16 Å². The van der Waals surface area contributed by atoms with Crippen molar-refractivity contribution < 1.29 is 0 Å². The Labute approximate surface area is 122 Å². The summed E-state index contributed by atoms with van der Waals surface area (Å²) in [4.78, 5) is 15.7. The van der Waals surface area contributed by atoms with E-state index in [0.717, 1.165) is 4.90 Å². The Bertz CT molecular complexity index is 614. The van der Waals surface area contributed by atoms with Gasteiger partial charge in [0.2, 0.25) is 11.9 Å². The maximum atomic E-state index is 5.39. The van der Waals surface area contributed by atoms with Gasteiger partial charge in [0.25, 0.3) is 0 Å². The molecule has 0 unspecified atom stereocenters. The molecule has 0 radical (unpaired) electrons. The quantitative estimate of drug-likeness (QED) is 0.658. The Morgan fingerprint density at radius 1 is 1.10 bits per heavy atom. The molecule has 0 aliphatic heterocycles. The lowest BCUT2D eigenvalue weighted by Gasteiger charge is -2.12. The number of nitrogen functional groups attached to an aromatic ring is 1. The van der Waals surface area contributed by atoms with E-state index in [2.05, 4.69) is 52.4 Å². The number of hydrazine groups is 1. The number of hydrogen-bond acceptors (Lipinski definition) is 7. The molecule has 0 aliphatic rings. The van der Waals surface area contributed by atoms with Crippen molar-refractivity contribution in [3.05, 3.63) is 29.3 Å². The van der Waals surface area contributed by atoms with Gasteiger partial charge in [0.1, 0.15) is 0 Å². The van der Waals surface area contributed by atoms with E-state index >= 15 is 0 Å². The lowest BCUT2D eigenvalue weighted by Crippen LogP contribution is -2.17. The second kappa shape index (κ2) is 6.06. The Morgan fingerprint density at radius 2 is 1.85 bits per heavy atom. The van der Waals surface area contributed by atoms with Crippen molar-refractivity contribution in [3.8, 4) is 0 Å². The average molecular weight is 290 g/mol. The molecular formula is C13H18N6S. The molecule has 20 heavy (non-hydrogen) atoms. The summed E-state index contributed by atoms with van der Waals surface area (Å²) >= 11 is 1.49. The molecule has 0 fully saturated rings. The van der Waals surface area contributed by atoms with Crippen LogP contribution in [0.15, 0.2) is 28.3 Å². The summed E-state index contributed by atoms with van der Waals surface area (Å²) in [5, 5.41) is 0.611. The molecule has 0 atom stereocenters. The molecule has 3 N–H and O–H groups in total. The minimum Gasteiger partial charge on any atom is -0.347 e. The molecule has 0 saturated carbocycles. The number of nitrogens with one attached hydrogen (secondary N) is 1. The first kappa shape index (κ1) is 14.5. The van der Waals surface area contributed by atoms with Crippen LogP contribution >= 0.6 is 11.8 Å². The summed E-state index contributed by atoms with van der Waals surface area (Å²) < 4.78 is 0. The van der Waals surface area contributed by atoms with E-state index in [1.807, 2.05) is 19.0 Å². The predicted octanol–water partition coefficient (Wildman–Crippen LogP) is 1.99. The van der Waals surface area contributed by atoms with Crippen LogP contribution in [-0.2, 0) is 0 Å². The number of anilines is 2. The lowest BCUT2D eigenvalue weighted by atomic mass is 10.1. The number of rotatable bonds is 4. The zero-order valence-corrected chi connectivity index (χ0v) is 12.8. The number of hydrogen-bond donors (Lipinski definition) is 2. The lowest BCUT2D eigenvalue weighted by molar-refractivity contribution is 0.865. The third kappa shape index (κ3) is 3.37. The van der Waals surface area contributed by atoms with Gasteiger partial charge in [0, 0.05) is 19.0 Å². The zero-order valence-electron chi connectivity index (χ0n) is 12.0. The third-order valence-electron chi connectivity index (χ3n) is 2.82. The summed E-state index contributed by atoms with van der Waals surface area (Å²) in [5.74, 6) is 6.32. The Balaban J connectivity index is 2.32. The topological polar surface area (TPSA) is 80.0 Å².